The summed E-state index contributed by atoms with van der Waals surface area (Å²) in [6, 6.07) is 21.5. The largest absolute Gasteiger partial charge is 0.491 e. The molecule has 3 aromatic rings. The van der Waals surface area contributed by atoms with Gasteiger partial charge in [-0.05, 0) is 34.0 Å². The number of carbonyl (C=O) groups excluding carboxylic acids is 1. The molecule has 6 nitrogen and oxygen atoms in total. The van der Waals surface area contributed by atoms with E-state index in [1.807, 2.05) is 66.7 Å². The molecule has 158 valence electrons. The Morgan fingerprint density at radius 2 is 1.63 bits per heavy atom. The van der Waals surface area contributed by atoms with Crippen molar-refractivity contribution >= 4 is 16.7 Å². The van der Waals surface area contributed by atoms with Crippen LogP contribution in [-0.2, 0) is 32.1 Å². The van der Waals surface area contributed by atoms with Gasteiger partial charge in [0.15, 0.2) is 0 Å². The minimum Gasteiger partial charge on any atom is -0.491 e. The van der Waals surface area contributed by atoms with Gasteiger partial charge in [0.2, 0.25) is 5.91 Å². The number of hydroxylamine groups is 1. The van der Waals surface area contributed by atoms with Gasteiger partial charge < -0.3 is 14.2 Å². The van der Waals surface area contributed by atoms with E-state index in [1.165, 1.54) is 0 Å². The minimum absolute atomic E-state index is 0.181. The van der Waals surface area contributed by atoms with E-state index in [0.29, 0.717) is 26.4 Å². The average Bonchev–Trinajstić information content (AvgIpc) is 2.77. The number of nitrogens with one attached hydrogen (secondary N) is 1. The quantitative estimate of drug-likeness (QED) is 0.365. The Morgan fingerprint density at radius 1 is 0.867 bits per heavy atom. The van der Waals surface area contributed by atoms with Crippen LogP contribution in [0.2, 0.25) is 0 Å². The Hall–Kier alpha value is -2.93. The normalized spacial score (nSPS) is 10.8. The molecule has 0 fully saturated rings. The third-order valence-corrected chi connectivity index (χ3v) is 4.51. The van der Waals surface area contributed by atoms with Crippen molar-refractivity contribution in [3.8, 4) is 5.75 Å². The van der Waals surface area contributed by atoms with Gasteiger partial charge in [-0.3, -0.25) is 9.63 Å². The van der Waals surface area contributed by atoms with Crippen LogP contribution in [0.5, 0.6) is 5.75 Å². The van der Waals surface area contributed by atoms with E-state index >= 15 is 0 Å². The fourth-order valence-corrected chi connectivity index (χ4v) is 3.00. The van der Waals surface area contributed by atoms with Gasteiger partial charge in [0.05, 0.1) is 32.8 Å². The summed E-state index contributed by atoms with van der Waals surface area (Å²) >= 11 is 0. The molecule has 30 heavy (non-hydrogen) atoms. The zero-order valence-electron chi connectivity index (χ0n) is 17.1. The second-order valence-corrected chi connectivity index (χ2v) is 6.73. The zero-order chi connectivity index (χ0) is 21.0. The third-order valence-electron chi connectivity index (χ3n) is 4.51. The van der Waals surface area contributed by atoms with E-state index in [1.54, 1.807) is 7.11 Å². The lowest BCUT2D eigenvalue weighted by Crippen LogP contribution is -2.25. The SMILES string of the molecule is COCCOCCOc1ccc(CONC(=O)Cc2cccc3ccccc23)cc1. The molecule has 0 aliphatic carbocycles. The molecule has 0 saturated heterocycles. The van der Waals surface area contributed by atoms with Crippen molar-refractivity contribution in [1.29, 1.82) is 0 Å². The molecule has 3 aromatic carbocycles. The molecule has 0 saturated carbocycles. The van der Waals surface area contributed by atoms with E-state index < -0.39 is 0 Å². The Labute approximate surface area is 176 Å². The van der Waals surface area contributed by atoms with Crippen molar-refractivity contribution < 1.29 is 23.8 Å². The molecule has 1 N–H and O–H groups in total. The number of benzene rings is 3. The highest BCUT2D eigenvalue weighted by Gasteiger charge is 2.07. The van der Waals surface area contributed by atoms with E-state index in [2.05, 4.69) is 5.48 Å². The molecule has 0 heterocycles. The summed E-state index contributed by atoms with van der Waals surface area (Å²) in [7, 11) is 1.64. The maximum Gasteiger partial charge on any atom is 0.247 e. The first-order valence-corrected chi connectivity index (χ1v) is 9.92. The molecule has 3 rings (SSSR count). The van der Waals surface area contributed by atoms with Crippen LogP contribution in [0.25, 0.3) is 10.8 Å². The smallest absolute Gasteiger partial charge is 0.247 e. The second-order valence-electron chi connectivity index (χ2n) is 6.73. The first kappa shape index (κ1) is 21.8. The van der Waals surface area contributed by atoms with Crippen LogP contribution in [-0.4, -0.2) is 39.4 Å². The molecule has 0 spiro atoms. The van der Waals surface area contributed by atoms with Gasteiger partial charge in [-0.25, -0.2) is 5.48 Å². The predicted molar refractivity (Wildman–Crippen MR) is 115 cm³/mol. The van der Waals surface area contributed by atoms with Crippen molar-refractivity contribution in [2.75, 3.05) is 33.5 Å². The van der Waals surface area contributed by atoms with Crippen LogP contribution in [0.4, 0.5) is 0 Å². The summed E-state index contributed by atoms with van der Waals surface area (Å²) in [5, 5.41) is 2.20. The number of amides is 1. The molecule has 0 atom stereocenters. The maximum atomic E-state index is 12.2. The van der Waals surface area contributed by atoms with E-state index in [9.17, 15) is 4.79 Å². The number of ether oxygens (including phenoxy) is 3. The Bertz CT molecular complexity index is 921. The van der Waals surface area contributed by atoms with Gasteiger partial charge in [-0.2, -0.15) is 0 Å². The topological polar surface area (TPSA) is 66.0 Å². The van der Waals surface area contributed by atoms with Crippen LogP contribution >= 0.6 is 0 Å². The Kier molecular flexibility index (Phi) is 8.65. The predicted octanol–water partition coefficient (Wildman–Crippen LogP) is 3.67. The third kappa shape index (κ3) is 6.84. The minimum atomic E-state index is -0.181. The molecule has 0 bridgehead atoms. The van der Waals surface area contributed by atoms with Crippen molar-refractivity contribution in [2.24, 2.45) is 0 Å². The lowest BCUT2D eigenvalue weighted by molar-refractivity contribution is -0.133. The fraction of sp³-hybridized carbons (Fsp3) is 0.292. The second kappa shape index (κ2) is 11.9. The first-order chi connectivity index (χ1) is 14.8. The molecular weight excluding hydrogens is 382 g/mol. The van der Waals surface area contributed by atoms with E-state index in [0.717, 1.165) is 27.6 Å². The highest BCUT2D eigenvalue weighted by molar-refractivity contribution is 5.89. The van der Waals surface area contributed by atoms with Crippen LogP contribution in [0.1, 0.15) is 11.1 Å². The molecule has 0 aliphatic heterocycles. The highest BCUT2D eigenvalue weighted by Crippen LogP contribution is 2.19. The first-order valence-electron chi connectivity index (χ1n) is 9.92. The van der Waals surface area contributed by atoms with Gasteiger partial charge in [0.1, 0.15) is 12.4 Å². The molecule has 6 heteroatoms. The summed E-state index contributed by atoms with van der Waals surface area (Å²) in [5.41, 5.74) is 4.43. The summed E-state index contributed by atoms with van der Waals surface area (Å²) in [6.45, 7) is 2.40. The fourth-order valence-electron chi connectivity index (χ4n) is 3.00. The Morgan fingerprint density at radius 3 is 2.47 bits per heavy atom. The standard InChI is InChI=1S/C24H27NO5/c1-27-13-14-28-15-16-29-22-11-9-19(10-12-22)18-30-25-24(26)17-21-7-4-6-20-5-2-3-8-23(20)21/h2-12H,13-18H2,1H3,(H,25,26). The lowest BCUT2D eigenvalue weighted by Gasteiger charge is -2.09. The van der Waals surface area contributed by atoms with E-state index in [-0.39, 0.29) is 18.9 Å². The van der Waals surface area contributed by atoms with Crippen molar-refractivity contribution in [3.63, 3.8) is 0 Å². The Balaban J connectivity index is 1.38. The lowest BCUT2D eigenvalue weighted by atomic mass is 10.0. The van der Waals surface area contributed by atoms with Crippen molar-refractivity contribution in [3.05, 3.63) is 77.9 Å². The number of carbonyl (C=O) groups is 1. The van der Waals surface area contributed by atoms with Crippen molar-refractivity contribution in [2.45, 2.75) is 13.0 Å². The number of hydrogen-bond acceptors (Lipinski definition) is 5. The number of fused-ring (bicyclic) bond motifs is 1. The average molecular weight is 409 g/mol. The molecule has 0 radical (unpaired) electrons. The van der Waals surface area contributed by atoms with Crippen LogP contribution in [0, 0.1) is 0 Å². The van der Waals surface area contributed by atoms with Crippen molar-refractivity contribution in [1.82, 2.24) is 5.48 Å². The molecule has 0 aliphatic rings. The highest BCUT2D eigenvalue weighted by atomic mass is 16.6. The van der Waals surface area contributed by atoms with Gasteiger partial charge in [0.25, 0.3) is 0 Å². The van der Waals surface area contributed by atoms with Crippen LogP contribution in [0.3, 0.4) is 0 Å². The molecule has 0 unspecified atom stereocenters. The van der Waals surface area contributed by atoms with Crippen LogP contribution in [0.15, 0.2) is 66.7 Å². The van der Waals surface area contributed by atoms with Crippen LogP contribution < -0.4 is 10.2 Å². The number of methoxy groups -OCH3 is 1. The number of rotatable bonds is 12. The molecular formula is C24H27NO5. The van der Waals surface area contributed by atoms with E-state index in [4.69, 9.17) is 19.0 Å². The summed E-state index contributed by atoms with van der Waals surface area (Å²) in [6.07, 6.45) is 0.264. The number of hydrogen-bond donors (Lipinski definition) is 1. The maximum absolute atomic E-state index is 12.2. The molecule has 0 aromatic heterocycles. The van der Waals surface area contributed by atoms with Gasteiger partial charge in [0, 0.05) is 7.11 Å². The van der Waals surface area contributed by atoms with Gasteiger partial charge >= 0.3 is 0 Å². The van der Waals surface area contributed by atoms with Gasteiger partial charge in [-0.1, -0.05) is 54.6 Å². The summed E-state index contributed by atoms with van der Waals surface area (Å²) in [4.78, 5) is 17.6. The monoisotopic (exact) mass is 409 g/mol. The molecule has 1 amide bonds. The van der Waals surface area contributed by atoms with Gasteiger partial charge in [-0.15, -0.1) is 0 Å². The summed E-state index contributed by atoms with van der Waals surface area (Å²) < 4.78 is 15.9. The zero-order valence-corrected chi connectivity index (χ0v) is 17.1. The summed E-state index contributed by atoms with van der Waals surface area (Å²) in [5.74, 6) is 0.578.